The number of rotatable bonds is 3. The van der Waals surface area contributed by atoms with Crippen molar-refractivity contribution in [3.05, 3.63) is 17.7 Å². The molecule has 0 unspecified atom stereocenters. The molecule has 1 amide bonds. The highest BCUT2D eigenvalue weighted by Crippen LogP contribution is 2.29. The maximum absolute atomic E-state index is 12.2. The number of hydrogen-bond donors (Lipinski definition) is 2. The molecule has 20 heavy (non-hydrogen) atoms. The molecule has 1 fully saturated rings. The van der Waals surface area contributed by atoms with Crippen molar-refractivity contribution >= 4 is 34.2 Å². The van der Waals surface area contributed by atoms with E-state index in [1.54, 1.807) is 12.5 Å². The Labute approximate surface area is 122 Å². The molecule has 2 aromatic heterocycles. The minimum atomic E-state index is -0.00361. The van der Waals surface area contributed by atoms with E-state index < -0.39 is 0 Å². The standard InChI is InChI=1S/C14H17ClN4O/c15-14-13(12-10(7-16-14)17-8-18-12)19-11(20)6-9-4-2-1-3-5-9/h7-9H,1-6H2,(H,17,18)(H,19,20). The predicted molar refractivity (Wildman–Crippen MR) is 78.7 cm³/mol. The second kappa shape index (κ2) is 5.79. The number of nitrogens with one attached hydrogen (secondary N) is 2. The van der Waals surface area contributed by atoms with E-state index in [0.717, 1.165) is 18.4 Å². The third kappa shape index (κ3) is 2.77. The molecule has 0 aromatic carbocycles. The molecular weight excluding hydrogens is 276 g/mol. The summed E-state index contributed by atoms with van der Waals surface area (Å²) >= 11 is 6.07. The maximum Gasteiger partial charge on any atom is 0.224 e. The predicted octanol–water partition coefficient (Wildman–Crippen LogP) is 3.52. The molecule has 0 spiro atoms. The molecule has 2 N–H and O–H groups in total. The van der Waals surface area contributed by atoms with Crippen molar-refractivity contribution < 1.29 is 4.79 Å². The van der Waals surface area contributed by atoms with Crippen molar-refractivity contribution in [1.29, 1.82) is 0 Å². The average Bonchev–Trinajstić information content (AvgIpc) is 2.92. The molecule has 0 atom stereocenters. The highest BCUT2D eigenvalue weighted by Gasteiger charge is 2.19. The van der Waals surface area contributed by atoms with Crippen LogP contribution in [0.2, 0.25) is 5.15 Å². The van der Waals surface area contributed by atoms with Crippen molar-refractivity contribution in [3.8, 4) is 0 Å². The number of anilines is 1. The van der Waals surface area contributed by atoms with Gasteiger partial charge >= 0.3 is 0 Å². The largest absolute Gasteiger partial charge is 0.343 e. The van der Waals surface area contributed by atoms with Gasteiger partial charge < -0.3 is 10.3 Å². The monoisotopic (exact) mass is 292 g/mol. The number of fused-ring (bicyclic) bond motifs is 1. The zero-order valence-corrected chi connectivity index (χ0v) is 11.9. The molecule has 1 aliphatic carbocycles. The van der Waals surface area contributed by atoms with Crippen LogP contribution in [0.25, 0.3) is 11.0 Å². The summed E-state index contributed by atoms with van der Waals surface area (Å²) in [5.74, 6) is 0.491. The third-order valence-electron chi connectivity index (χ3n) is 3.88. The normalized spacial score (nSPS) is 16.4. The van der Waals surface area contributed by atoms with Crippen LogP contribution in [0.15, 0.2) is 12.5 Å². The van der Waals surface area contributed by atoms with Crippen molar-refractivity contribution in [1.82, 2.24) is 15.0 Å². The Kier molecular flexibility index (Phi) is 3.87. The fourth-order valence-electron chi connectivity index (χ4n) is 2.84. The van der Waals surface area contributed by atoms with Gasteiger partial charge in [-0.25, -0.2) is 9.97 Å². The first-order valence-corrected chi connectivity index (χ1v) is 7.39. The van der Waals surface area contributed by atoms with E-state index in [1.807, 2.05) is 0 Å². The van der Waals surface area contributed by atoms with Crippen LogP contribution >= 0.6 is 11.6 Å². The first-order valence-electron chi connectivity index (χ1n) is 7.01. The number of nitrogens with zero attached hydrogens (tertiary/aromatic N) is 2. The lowest BCUT2D eigenvalue weighted by Gasteiger charge is -2.20. The van der Waals surface area contributed by atoms with E-state index in [-0.39, 0.29) is 11.1 Å². The molecule has 2 aromatic rings. The number of pyridine rings is 1. The quantitative estimate of drug-likeness (QED) is 0.850. The van der Waals surface area contributed by atoms with E-state index in [4.69, 9.17) is 11.6 Å². The van der Waals surface area contributed by atoms with Gasteiger partial charge in [-0.3, -0.25) is 4.79 Å². The molecule has 0 saturated heterocycles. The summed E-state index contributed by atoms with van der Waals surface area (Å²) in [4.78, 5) is 23.4. The lowest BCUT2D eigenvalue weighted by molar-refractivity contribution is -0.117. The van der Waals surface area contributed by atoms with Crippen LogP contribution in [-0.4, -0.2) is 20.9 Å². The van der Waals surface area contributed by atoms with Gasteiger partial charge in [0.1, 0.15) is 11.2 Å². The summed E-state index contributed by atoms with van der Waals surface area (Å²) in [6, 6.07) is 0. The third-order valence-corrected chi connectivity index (χ3v) is 4.17. The fourth-order valence-corrected chi connectivity index (χ4v) is 3.03. The van der Waals surface area contributed by atoms with Crippen LogP contribution < -0.4 is 5.32 Å². The maximum atomic E-state index is 12.2. The molecule has 1 saturated carbocycles. The minimum absolute atomic E-state index is 0.00361. The van der Waals surface area contributed by atoms with Gasteiger partial charge in [0.15, 0.2) is 5.15 Å². The second-order valence-corrected chi connectivity index (χ2v) is 5.70. The molecule has 2 heterocycles. The number of amides is 1. The molecular formula is C14H17ClN4O. The SMILES string of the molecule is O=C(CC1CCCCC1)Nc1c(Cl)ncc2[nH]cnc12. The number of carbonyl (C=O) groups is 1. The molecule has 3 rings (SSSR count). The summed E-state index contributed by atoms with van der Waals surface area (Å²) in [6.45, 7) is 0. The molecule has 106 valence electrons. The summed E-state index contributed by atoms with van der Waals surface area (Å²) < 4.78 is 0. The summed E-state index contributed by atoms with van der Waals surface area (Å²) in [5, 5.41) is 3.15. The number of aromatic amines is 1. The Bertz CT molecular complexity index is 619. The first-order chi connectivity index (χ1) is 9.74. The lowest BCUT2D eigenvalue weighted by atomic mass is 9.87. The lowest BCUT2D eigenvalue weighted by Crippen LogP contribution is -2.18. The second-order valence-electron chi connectivity index (χ2n) is 5.35. The summed E-state index contributed by atoms with van der Waals surface area (Å²) in [6.07, 6.45) is 9.78. The Morgan fingerprint density at radius 3 is 2.95 bits per heavy atom. The zero-order chi connectivity index (χ0) is 13.9. The molecule has 0 aliphatic heterocycles. The molecule has 6 heteroatoms. The molecule has 5 nitrogen and oxygen atoms in total. The van der Waals surface area contributed by atoms with Gasteiger partial charge in [-0.05, 0) is 18.8 Å². The van der Waals surface area contributed by atoms with E-state index in [0.29, 0.717) is 23.5 Å². The van der Waals surface area contributed by atoms with E-state index >= 15 is 0 Å². The summed E-state index contributed by atoms with van der Waals surface area (Å²) in [7, 11) is 0. The number of H-pyrrole nitrogens is 1. The Hall–Kier alpha value is -1.62. The minimum Gasteiger partial charge on any atom is -0.343 e. The number of carbonyl (C=O) groups excluding carboxylic acids is 1. The van der Waals surface area contributed by atoms with E-state index in [1.165, 1.54) is 19.3 Å². The molecule has 0 bridgehead atoms. The van der Waals surface area contributed by atoms with Crippen molar-refractivity contribution in [2.24, 2.45) is 5.92 Å². The topological polar surface area (TPSA) is 70.7 Å². The van der Waals surface area contributed by atoms with Crippen molar-refractivity contribution in [2.75, 3.05) is 5.32 Å². The fraction of sp³-hybridized carbons (Fsp3) is 0.500. The Morgan fingerprint density at radius 2 is 2.15 bits per heavy atom. The number of halogens is 1. The van der Waals surface area contributed by atoms with Crippen LogP contribution in [0.5, 0.6) is 0 Å². The summed E-state index contributed by atoms with van der Waals surface area (Å²) in [5.41, 5.74) is 1.93. The van der Waals surface area contributed by atoms with E-state index in [2.05, 4.69) is 20.3 Å². The highest BCUT2D eigenvalue weighted by molar-refractivity contribution is 6.34. The van der Waals surface area contributed by atoms with Gasteiger partial charge in [0, 0.05) is 6.42 Å². The van der Waals surface area contributed by atoms with E-state index in [9.17, 15) is 4.79 Å². The van der Waals surface area contributed by atoms with Gasteiger partial charge in [0.2, 0.25) is 5.91 Å². The first kappa shape index (κ1) is 13.4. The highest BCUT2D eigenvalue weighted by atomic mass is 35.5. The van der Waals surface area contributed by atoms with Crippen LogP contribution in [-0.2, 0) is 4.79 Å². The van der Waals surface area contributed by atoms with Crippen LogP contribution in [0.3, 0.4) is 0 Å². The van der Waals surface area contributed by atoms with Crippen LogP contribution in [0.1, 0.15) is 38.5 Å². The van der Waals surface area contributed by atoms with Crippen molar-refractivity contribution in [2.45, 2.75) is 38.5 Å². The molecule has 0 radical (unpaired) electrons. The number of aromatic nitrogens is 3. The van der Waals surface area contributed by atoms with Gasteiger partial charge in [-0.1, -0.05) is 30.9 Å². The van der Waals surface area contributed by atoms with Gasteiger partial charge in [0.05, 0.1) is 18.0 Å². The zero-order valence-electron chi connectivity index (χ0n) is 11.2. The average molecular weight is 293 g/mol. The van der Waals surface area contributed by atoms with Crippen LogP contribution in [0.4, 0.5) is 5.69 Å². The number of hydrogen-bond acceptors (Lipinski definition) is 3. The Balaban J connectivity index is 1.73. The van der Waals surface area contributed by atoms with Crippen molar-refractivity contribution in [3.63, 3.8) is 0 Å². The molecule has 1 aliphatic rings. The van der Waals surface area contributed by atoms with Crippen LogP contribution in [0, 0.1) is 5.92 Å². The Morgan fingerprint density at radius 1 is 1.35 bits per heavy atom. The van der Waals surface area contributed by atoms with Gasteiger partial charge in [-0.15, -0.1) is 0 Å². The van der Waals surface area contributed by atoms with Gasteiger partial charge in [-0.2, -0.15) is 0 Å². The smallest absolute Gasteiger partial charge is 0.224 e. The number of imidazole rings is 1. The van der Waals surface area contributed by atoms with Gasteiger partial charge in [0.25, 0.3) is 0 Å².